The van der Waals surface area contributed by atoms with Crippen LogP contribution in [0.2, 0.25) is 0 Å². The van der Waals surface area contributed by atoms with Gasteiger partial charge in [0, 0.05) is 11.5 Å². The van der Waals surface area contributed by atoms with Crippen molar-refractivity contribution in [3.8, 4) is 22.9 Å². The van der Waals surface area contributed by atoms with E-state index in [0.29, 0.717) is 23.2 Å². The summed E-state index contributed by atoms with van der Waals surface area (Å²) in [6.45, 7) is 2.06. The van der Waals surface area contributed by atoms with E-state index in [1.165, 1.54) is 0 Å². The molecule has 0 unspecified atom stereocenters. The number of fused-ring (bicyclic) bond motifs is 1. The van der Waals surface area contributed by atoms with Gasteiger partial charge in [0.05, 0.1) is 0 Å². The van der Waals surface area contributed by atoms with Gasteiger partial charge in [0.1, 0.15) is 6.04 Å². The highest BCUT2D eigenvalue weighted by atomic mass is 16.7. The third-order valence-electron chi connectivity index (χ3n) is 4.28. The second kappa shape index (κ2) is 5.57. The van der Waals surface area contributed by atoms with Gasteiger partial charge < -0.3 is 19.3 Å². The average Bonchev–Trinajstić information content (AvgIpc) is 3.13. The molecule has 0 saturated heterocycles. The number of amides is 1. The third-order valence-corrected chi connectivity index (χ3v) is 4.28. The fourth-order valence-corrected chi connectivity index (χ4v) is 2.63. The number of nitrogens with zero attached hydrogens (tertiary/aromatic N) is 2. The largest absolute Gasteiger partial charge is 0.454 e. The zero-order valence-electron chi connectivity index (χ0n) is 12.7. The van der Waals surface area contributed by atoms with Gasteiger partial charge in [0.15, 0.2) is 11.5 Å². The maximum atomic E-state index is 12.0. The molecule has 0 radical (unpaired) electrons. The second-order valence-electron chi connectivity index (χ2n) is 5.88. The van der Waals surface area contributed by atoms with Crippen molar-refractivity contribution in [1.82, 2.24) is 15.5 Å². The van der Waals surface area contributed by atoms with Crippen LogP contribution in [0.15, 0.2) is 22.7 Å². The topological polar surface area (TPSA) is 86.5 Å². The molecular formula is C16H17N3O4. The van der Waals surface area contributed by atoms with Crippen molar-refractivity contribution in [2.75, 3.05) is 6.79 Å². The van der Waals surface area contributed by atoms with Crippen molar-refractivity contribution >= 4 is 5.91 Å². The van der Waals surface area contributed by atoms with Crippen molar-refractivity contribution in [3.63, 3.8) is 0 Å². The number of carbonyl (C=O) groups excluding carboxylic acids is 1. The molecule has 2 heterocycles. The molecule has 1 saturated carbocycles. The summed E-state index contributed by atoms with van der Waals surface area (Å²) < 4.78 is 15.9. The Balaban J connectivity index is 1.48. The van der Waals surface area contributed by atoms with Crippen molar-refractivity contribution in [3.05, 3.63) is 24.1 Å². The van der Waals surface area contributed by atoms with Crippen LogP contribution in [0.25, 0.3) is 11.4 Å². The molecule has 4 rings (SSSR count). The SMILES string of the molecule is C[C@H](NC(=O)C1CCC1)c1nc(-c2ccc3c(c2)OCO3)no1. The molecule has 1 amide bonds. The molecule has 1 aliphatic heterocycles. The summed E-state index contributed by atoms with van der Waals surface area (Å²) in [6.07, 6.45) is 3.05. The Bertz CT molecular complexity index is 739. The van der Waals surface area contributed by atoms with Gasteiger partial charge >= 0.3 is 0 Å². The molecule has 23 heavy (non-hydrogen) atoms. The normalized spacial score (nSPS) is 17.6. The molecule has 120 valence electrons. The van der Waals surface area contributed by atoms with Gasteiger partial charge in [-0.05, 0) is 38.0 Å². The van der Waals surface area contributed by atoms with Crippen LogP contribution in [-0.2, 0) is 4.79 Å². The van der Waals surface area contributed by atoms with Crippen LogP contribution < -0.4 is 14.8 Å². The second-order valence-corrected chi connectivity index (χ2v) is 5.88. The van der Waals surface area contributed by atoms with Gasteiger partial charge in [0.2, 0.25) is 24.4 Å². The van der Waals surface area contributed by atoms with Gasteiger partial charge in [-0.1, -0.05) is 11.6 Å². The first-order valence-electron chi connectivity index (χ1n) is 7.75. The van der Waals surface area contributed by atoms with Crippen LogP contribution in [0.5, 0.6) is 11.5 Å². The molecular weight excluding hydrogens is 298 g/mol. The lowest BCUT2D eigenvalue weighted by atomic mass is 9.84. The highest BCUT2D eigenvalue weighted by Gasteiger charge is 2.27. The zero-order valence-corrected chi connectivity index (χ0v) is 12.7. The van der Waals surface area contributed by atoms with Gasteiger partial charge in [-0.3, -0.25) is 4.79 Å². The molecule has 1 aliphatic carbocycles. The van der Waals surface area contributed by atoms with E-state index in [0.717, 1.165) is 24.8 Å². The number of nitrogens with one attached hydrogen (secondary N) is 1. The lowest BCUT2D eigenvalue weighted by molar-refractivity contribution is -0.128. The number of aromatic nitrogens is 2. The summed E-state index contributed by atoms with van der Waals surface area (Å²) in [4.78, 5) is 16.4. The zero-order chi connectivity index (χ0) is 15.8. The number of hydrogen-bond donors (Lipinski definition) is 1. The van der Waals surface area contributed by atoms with E-state index >= 15 is 0 Å². The van der Waals surface area contributed by atoms with Crippen LogP contribution in [0.1, 0.15) is 38.1 Å². The Kier molecular flexibility index (Phi) is 3.40. The molecule has 0 bridgehead atoms. The molecule has 2 aromatic rings. The Labute approximate surface area is 133 Å². The van der Waals surface area contributed by atoms with Crippen molar-refractivity contribution in [2.45, 2.75) is 32.2 Å². The Hall–Kier alpha value is -2.57. The summed E-state index contributed by atoms with van der Waals surface area (Å²) in [6, 6.07) is 5.17. The van der Waals surface area contributed by atoms with Crippen molar-refractivity contribution < 1.29 is 18.8 Å². The smallest absolute Gasteiger partial charge is 0.249 e. The van der Waals surface area contributed by atoms with Gasteiger partial charge in [-0.25, -0.2) is 0 Å². The van der Waals surface area contributed by atoms with E-state index < -0.39 is 0 Å². The number of rotatable bonds is 4. The van der Waals surface area contributed by atoms with Crippen LogP contribution in [-0.4, -0.2) is 22.8 Å². The minimum Gasteiger partial charge on any atom is -0.454 e. The third kappa shape index (κ3) is 2.62. The quantitative estimate of drug-likeness (QED) is 0.932. The van der Waals surface area contributed by atoms with E-state index in [-0.39, 0.29) is 24.7 Å². The fraction of sp³-hybridized carbons (Fsp3) is 0.438. The standard InChI is InChI=1S/C16H17N3O4/c1-9(17-15(20)10-3-2-4-10)16-18-14(19-23-16)11-5-6-12-13(7-11)22-8-21-12/h5-7,9-10H,2-4,8H2,1H3,(H,17,20)/t9-/m0/s1. The molecule has 1 N–H and O–H groups in total. The Morgan fingerprint density at radius 1 is 1.30 bits per heavy atom. The predicted octanol–water partition coefficient (Wildman–Crippen LogP) is 2.44. The van der Waals surface area contributed by atoms with E-state index in [4.69, 9.17) is 14.0 Å². The summed E-state index contributed by atoms with van der Waals surface area (Å²) in [7, 11) is 0. The first-order chi connectivity index (χ1) is 11.2. The molecule has 1 aromatic heterocycles. The number of ether oxygens (including phenoxy) is 2. The lowest BCUT2D eigenvalue weighted by Crippen LogP contribution is -2.36. The molecule has 1 fully saturated rings. The van der Waals surface area contributed by atoms with Crippen LogP contribution in [0, 0.1) is 5.92 Å². The van der Waals surface area contributed by atoms with Gasteiger partial charge in [-0.2, -0.15) is 4.98 Å². The van der Waals surface area contributed by atoms with E-state index in [2.05, 4.69) is 15.5 Å². The Morgan fingerprint density at radius 2 is 2.13 bits per heavy atom. The Morgan fingerprint density at radius 3 is 2.91 bits per heavy atom. The van der Waals surface area contributed by atoms with Gasteiger partial charge in [0.25, 0.3) is 0 Å². The van der Waals surface area contributed by atoms with E-state index in [9.17, 15) is 4.79 Å². The molecule has 7 heteroatoms. The predicted molar refractivity (Wildman–Crippen MR) is 79.8 cm³/mol. The number of benzene rings is 1. The monoisotopic (exact) mass is 315 g/mol. The molecule has 1 aromatic carbocycles. The highest BCUT2D eigenvalue weighted by molar-refractivity contribution is 5.79. The first-order valence-corrected chi connectivity index (χ1v) is 7.75. The first kappa shape index (κ1) is 14.0. The van der Waals surface area contributed by atoms with E-state index in [1.54, 1.807) is 0 Å². The molecule has 2 aliphatic rings. The molecule has 1 atom stereocenters. The fourth-order valence-electron chi connectivity index (χ4n) is 2.63. The average molecular weight is 315 g/mol. The van der Waals surface area contributed by atoms with Gasteiger partial charge in [-0.15, -0.1) is 0 Å². The van der Waals surface area contributed by atoms with Crippen LogP contribution in [0.3, 0.4) is 0 Å². The van der Waals surface area contributed by atoms with Crippen molar-refractivity contribution in [1.29, 1.82) is 0 Å². The van der Waals surface area contributed by atoms with Crippen LogP contribution >= 0.6 is 0 Å². The lowest BCUT2D eigenvalue weighted by Gasteiger charge is -2.25. The minimum absolute atomic E-state index is 0.0616. The number of carbonyl (C=O) groups is 1. The van der Waals surface area contributed by atoms with E-state index in [1.807, 2.05) is 25.1 Å². The maximum Gasteiger partial charge on any atom is 0.249 e. The summed E-state index contributed by atoms with van der Waals surface area (Å²) in [5.74, 6) is 2.42. The van der Waals surface area contributed by atoms with Crippen LogP contribution in [0.4, 0.5) is 0 Å². The minimum atomic E-state index is -0.307. The summed E-state index contributed by atoms with van der Waals surface area (Å²) in [5.41, 5.74) is 0.779. The number of hydrogen-bond acceptors (Lipinski definition) is 6. The van der Waals surface area contributed by atoms with Crippen molar-refractivity contribution in [2.24, 2.45) is 5.92 Å². The molecule has 0 spiro atoms. The highest BCUT2D eigenvalue weighted by Crippen LogP contribution is 2.35. The maximum absolute atomic E-state index is 12.0. The molecule has 7 nitrogen and oxygen atoms in total. The summed E-state index contributed by atoms with van der Waals surface area (Å²) >= 11 is 0. The summed E-state index contributed by atoms with van der Waals surface area (Å²) in [5, 5.41) is 6.91.